The van der Waals surface area contributed by atoms with Gasteiger partial charge >= 0.3 is 0 Å². The molecule has 0 radical (unpaired) electrons. The zero-order chi connectivity index (χ0) is 20.9. The van der Waals surface area contributed by atoms with E-state index in [0.29, 0.717) is 52.3 Å². The molecule has 160 valence electrons. The molecule has 3 aliphatic rings. The normalized spacial score (nSPS) is 26.5. The predicted molar refractivity (Wildman–Crippen MR) is 118 cm³/mol. The molecule has 3 aromatic rings. The molecule has 0 spiro atoms. The number of ether oxygens (including phenoxy) is 1. The number of nitrogens with one attached hydrogen (secondary N) is 1. The number of fused-ring (bicyclic) bond motifs is 5. The van der Waals surface area contributed by atoms with Gasteiger partial charge in [-0.25, -0.2) is 4.98 Å². The maximum absolute atomic E-state index is 6.36. The minimum Gasteiger partial charge on any atom is -0.374 e. The molecule has 0 saturated carbocycles. The molecule has 0 amide bonds. The Morgan fingerprint density at radius 2 is 1.87 bits per heavy atom. The monoisotopic (exact) mass is 457 g/mol. The van der Waals surface area contributed by atoms with Gasteiger partial charge in [0.05, 0.1) is 27.9 Å². The highest BCUT2D eigenvalue weighted by Crippen LogP contribution is 2.48. The van der Waals surface area contributed by atoms with Gasteiger partial charge in [0.15, 0.2) is 0 Å². The first-order valence-corrected chi connectivity index (χ1v) is 11.3. The molecule has 3 fully saturated rings. The van der Waals surface area contributed by atoms with Gasteiger partial charge in [-0.1, -0.05) is 40.4 Å². The van der Waals surface area contributed by atoms with Gasteiger partial charge in [-0.05, 0) is 41.5 Å². The first-order valence-electron chi connectivity index (χ1n) is 10.5. The molecule has 0 aliphatic carbocycles. The molecule has 2 bridgehead atoms. The number of tetrazole rings is 1. The average Bonchev–Trinajstić information content (AvgIpc) is 3.56. The number of benzene rings is 1. The van der Waals surface area contributed by atoms with E-state index < -0.39 is 0 Å². The first-order chi connectivity index (χ1) is 15.2. The number of aromatic nitrogens is 5. The molecular formula is C21H21Cl2N7O. The van der Waals surface area contributed by atoms with Crippen molar-refractivity contribution in [1.29, 1.82) is 0 Å². The highest BCUT2D eigenvalue weighted by atomic mass is 35.5. The van der Waals surface area contributed by atoms with Crippen molar-refractivity contribution in [2.45, 2.75) is 31.6 Å². The average molecular weight is 458 g/mol. The van der Waals surface area contributed by atoms with Crippen LogP contribution in [0, 0.1) is 11.8 Å². The van der Waals surface area contributed by atoms with Crippen molar-refractivity contribution in [2.75, 3.05) is 23.3 Å². The van der Waals surface area contributed by atoms with Crippen LogP contribution in [-0.4, -0.2) is 50.5 Å². The minimum absolute atomic E-state index is 0.405. The van der Waals surface area contributed by atoms with Gasteiger partial charge in [0.2, 0.25) is 5.95 Å². The smallest absolute Gasteiger partial charge is 0.248 e. The number of hydrogen-bond donors (Lipinski definition) is 1. The van der Waals surface area contributed by atoms with Gasteiger partial charge in [0.1, 0.15) is 5.82 Å². The van der Waals surface area contributed by atoms with Gasteiger partial charge in [-0.15, -0.1) is 0 Å². The molecule has 10 heteroatoms. The van der Waals surface area contributed by atoms with Crippen molar-refractivity contribution in [3.63, 3.8) is 0 Å². The molecule has 4 atom stereocenters. The van der Waals surface area contributed by atoms with Gasteiger partial charge in [-0.2, -0.15) is 4.68 Å². The summed E-state index contributed by atoms with van der Waals surface area (Å²) in [5.74, 6) is 2.75. The van der Waals surface area contributed by atoms with E-state index in [-0.39, 0.29) is 0 Å². The molecule has 2 aromatic heterocycles. The standard InChI is InChI=1S/C21H21Cl2N7O/c22-15-4-1-5-16(19(15)23)30-21(26-27-28-30)25-9-12-3-2-8-24-20(12)29-10-13-14(11-29)18-7-6-17(13)31-18/h1-5,8,13-14,17-18H,6-7,9-11H2,(H,25,26,28)/t13-,14+,17?,18?. The van der Waals surface area contributed by atoms with Crippen LogP contribution in [-0.2, 0) is 11.3 Å². The van der Waals surface area contributed by atoms with Crippen LogP contribution >= 0.6 is 23.2 Å². The van der Waals surface area contributed by atoms with E-state index in [1.54, 1.807) is 10.7 Å². The van der Waals surface area contributed by atoms with Crippen LogP contribution in [0.3, 0.4) is 0 Å². The van der Waals surface area contributed by atoms with E-state index in [0.717, 1.165) is 24.5 Å². The number of anilines is 2. The van der Waals surface area contributed by atoms with Crippen LogP contribution in [0.25, 0.3) is 5.69 Å². The molecule has 5 heterocycles. The second-order valence-corrected chi connectivity index (χ2v) is 9.14. The summed E-state index contributed by atoms with van der Waals surface area (Å²) in [6, 6.07) is 9.42. The Kier molecular flexibility index (Phi) is 4.74. The minimum atomic E-state index is 0.405. The van der Waals surface area contributed by atoms with Crippen LogP contribution in [0.4, 0.5) is 11.8 Å². The van der Waals surface area contributed by atoms with Gasteiger partial charge in [-0.3, -0.25) is 0 Å². The summed E-state index contributed by atoms with van der Waals surface area (Å²) in [7, 11) is 0. The molecule has 3 aliphatic heterocycles. The maximum atomic E-state index is 6.36. The van der Waals surface area contributed by atoms with Crippen molar-refractivity contribution in [1.82, 2.24) is 25.2 Å². The van der Waals surface area contributed by atoms with E-state index in [9.17, 15) is 0 Å². The lowest BCUT2D eigenvalue weighted by atomic mass is 9.82. The highest BCUT2D eigenvalue weighted by molar-refractivity contribution is 6.43. The lowest BCUT2D eigenvalue weighted by molar-refractivity contribution is 0.0849. The van der Waals surface area contributed by atoms with Crippen molar-refractivity contribution >= 4 is 35.0 Å². The van der Waals surface area contributed by atoms with E-state index in [2.05, 4.69) is 31.8 Å². The fraction of sp³-hybridized carbons (Fsp3) is 0.429. The van der Waals surface area contributed by atoms with E-state index in [1.165, 1.54) is 12.8 Å². The summed E-state index contributed by atoms with van der Waals surface area (Å²) in [5, 5.41) is 16.2. The van der Waals surface area contributed by atoms with E-state index >= 15 is 0 Å². The SMILES string of the molecule is Clc1cccc(-n2nnnc2NCc2cccnc2N2C[C@@H]3C4CCC(O4)[C@@H]3C2)c1Cl. The highest BCUT2D eigenvalue weighted by Gasteiger charge is 2.53. The molecule has 6 rings (SSSR count). The summed E-state index contributed by atoms with van der Waals surface area (Å²) in [4.78, 5) is 7.13. The lowest BCUT2D eigenvalue weighted by Crippen LogP contribution is -2.26. The second kappa shape index (κ2) is 7.62. The first kappa shape index (κ1) is 19.3. The van der Waals surface area contributed by atoms with Crippen LogP contribution in [0.1, 0.15) is 18.4 Å². The predicted octanol–water partition coefficient (Wildman–Crippen LogP) is 3.59. The van der Waals surface area contributed by atoms with E-state index in [1.807, 2.05) is 24.4 Å². The summed E-state index contributed by atoms with van der Waals surface area (Å²) < 4.78 is 7.67. The van der Waals surface area contributed by atoms with Crippen LogP contribution in [0.15, 0.2) is 36.5 Å². The third-order valence-corrected chi connectivity index (χ3v) is 7.49. The Hall–Kier alpha value is -2.42. The second-order valence-electron chi connectivity index (χ2n) is 8.35. The largest absolute Gasteiger partial charge is 0.374 e. The Morgan fingerprint density at radius 3 is 2.68 bits per heavy atom. The third kappa shape index (κ3) is 3.24. The summed E-state index contributed by atoms with van der Waals surface area (Å²) in [5.41, 5.74) is 1.72. The molecule has 3 saturated heterocycles. The Balaban J connectivity index is 1.22. The Labute approximate surface area is 189 Å². The van der Waals surface area contributed by atoms with Crippen LogP contribution < -0.4 is 10.2 Å². The zero-order valence-electron chi connectivity index (χ0n) is 16.7. The zero-order valence-corrected chi connectivity index (χ0v) is 18.2. The number of nitrogens with zero attached hydrogens (tertiary/aromatic N) is 6. The molecule has 1 N–H and O–H groups in total. The van der Waals surface area contributed by atoms with Crippen molar-refractivity contribution in [2.24, 2.45) is 11.8 Å². The van der Waals surface area contributed by atoms with Gasteiger partial charge < -0.3 is 15.0 Å². The quantitative estimate of drug-likeness (QED) is 0.626. The molecule has 8 nitrogen and oxygen atoms in total. The molecule has 1 aromatic carbocycles. The fourth-order valence-corrected chi connectivity index (χ4v) is 5.65. The Morgan fingerprint density at radius 1 is 1.06 bits per heavy atom. The number of pyridine rings is 1. The van der Waals surface area contributed by atoms with E-state index in [4.69, 9.17) is 32.9 Å². The number of halogens is 2. The fourth-order valence-electron chi connectivity index (χ4n) is 5.28. The number of hydrogen-bond acceptors (Lipinski definition) is 7. The Bertz CT molecular complexity index is 1100. The summed E-state index contributed by atoms with van der Waals surface area (Å²) in [6.07, 6.45) is 5.11. The van der Waals surface area contributed by atoms with Gasteiger partial charge in [0.25, 0.3) is 0 Å². The molecular weight excluding hydrogens is 437 g/mol. The lowest BCUT2D eigenvalue weighted by Gasteiger charge is -2.22. The third-order valence-electron chi connectivity index (χ3n) is 6.69. The van der Waals surface area contributed by atoms with Crippen molar-refractivity contribution < 1.29 is 4.74 Å². The number of rotatable bonds is 5. The van der Waals surface area contributed by atoms with Crippen molar-refractivity contribution in [3.8, 4) is 5.69 Å². The van der Waals surface area contributed by atoms with Crippen LogP contribution in [0.2, 0.25) is 10.0 Å². The maximum Gasteiger partial charge on any atom is 0.248 e. The van der Waals surface area contributed by atoms with Crippen LogP contribution in [0.5, 0.6) is 0 Å². The molecule has 31 heavy (non-hydrogen) atoms. The summed E-state index contributed by atoms with van der Waals surface area (Å²) in [6.45, 7) is 2.55. The van der Waals surface area contributed by atoms with Crippen molar-refractivity contribution in [3.05, 3.63) is 52.1 Å². The van der Waals surface area contributed by atoms with Gasteiger partial charge in [0, 0.05) is 43.2 Å². The topological polar surface area (TPSA) is 81.0 Å². The molecule has 2 unspecified atom stereocenters. The summed E-state index contributed by atoms with van der Waals surface area (Å²) >= 11 is 12.5.